The van der Waals surface area contributed by atoms with Gasteiger partial charge in [-0.2, -0.15) is 0 Å². The minimum Gasteiger partial charge on any atom is -0.329 e. The van der Waals surface area contributed by atoms with E-state index >= 15 is 0 Å². The van der Waals surface area contributed by atoms with Crippen LogP contribution in [-0.4, -0.2) is 34.4 Å². The second-order valence-electron chi connectivity index (χ2n) is 9.77. The topological polar surface area (TPSA) is 45.6 Å². The number of hydrogen-bond acceptors (Lipinski definition) is 2. The number of anilines is 1. The predicted molar refractivity (Wildman–Crippen MR) is 148 cm³/mol. The highest BCUT2D eigenvalue weighted by Crippen LogP contribution is 2.42. The molecule has 0 bridgehead atoms. The van der Waals surface area contributed by atoms with E-state index in [2.05, 4.69) is 42.7 Å². The maximum atomic E-state index is 14.3. The van der Waals surface area contributed by atoms with Crippen molar-refractivity contribution in [2.24, 2.45) is 0 Å². The van der Waals surface area contributed by atoms with Crippen LogP contribution in [0.15, 0.2) is 91.1 Å². The van der Waals surface area contributed by atoms with Gasteiger partial charge in [0, 0.05) is 18.3 Å². The number of fused-ring (bicyclic) bond motifs is 3. The number of aromatic nitrogens is 1. The average Bonchev–Trinajstić information content (AvgIpc) is 3.40. The Balaban J connectivity index is 1.57. The number of amides is 2. The first-order valence-corrected chi connectivity index (χ1v) is 13.0. The van der Waals surface area contributed by atoms with Gasteiger partial charge in [-0.25, -0.2) is 0 Å². The Kier molecular flexibility index (Phi) is 6.95. The molecule has 0 aliphatic carbocycles. The van der Waals surface area contributed by atoms with Crippen molar-refractivity contribution in [1.82, 2.24) is 9.47 Å². The molecule has 188 valence electrons. The smallest absolute Gasteiger partial charge is 0.254 e. The Labute approximate surface area is 219 Å². The first-order valence-electron chi connectivity index (χ1n) is 13.0. The van der Waals surface area contributed by atoms with Crippen LogP contribution < -0.4 is 4.90 Å². The van der Waals surface area contributed by atoms with Crippen molar-refractivity contribution >= 4 is 17.5 Å². The van der Waals surface area contributed by atoms with Crippen LogP contribution in [0.4, 0.5) is 5.69 Å². The van der Waals surface area contributed by atoms with E-state index in [1.165, 1.54) is 0 Å². The molecule has 5 nitrogen and oxygen atoms in total. The van der Waals surface area contributed by atoms with E-state index in [0.29, 0.717) is 12.1 Å². The largest absolute Gasteiger partial charge is 0.329 e. The molecule has 0 saturated heterocycles. The molecule has 2 heterocycles. The zero-order chi connectivity index (χ0) is 25.9. The van der Waals surface area contributed by atoms with Crippen LogP contribution in [0.2, 0.25) is 0 Å². The standard InChI is InChI=1S/C32H33N3O2/c1-4-5-19-33(32(37)26-15-7-6-13-24(26)3)22-30(36)35-28-17-9-8-16-27(28)34-20-11-18-29(34)31(35)25-14-10-12-23(2)21-25/h6-18,20-21,31H,4-5,19,22H2,1-3H3. The Morgan fingerprint density at radius 3 is 2.38 bits per heavy atom. The highest BCUT2D eigenvalue weighted by Gasteiger charge is 2.37. The van der Waals surface area contributed by atoms with E-state index < -0.39 is 0 Å². The zero-order valence-corrected chi connectivity index (χ0v) is 21.7. The fourth-order valence-corrected chi connectivity index (χ4v) is 5.24. The lowest BCUT2D eigenvalue weighted by atomic mass is 9.96. The van der Waals surface area contributed by atoms with Gasteiger partial charge in [0.05, 0.1) is 17.1 Å². The SMILES string of the molecule is CCCCN(CC(=O)N1c2ccccc2-n2cccc2C1c1cccc(C)c1)C(=O)c1ccccc1C. The molecule has 4 aromatic rings. The summed E-state index contributed by atoms with van der Waals surface area (Å²) in [5.74, 6) is -0.190. The van der Waals surface area contributed by atoms with E-state index in [0.717, 1.165) is 46.6 Å². The van der Waals surface area contributed by atoms with Gasteiger partial charge in [0.15, 0.2) is 0 Å². The number of nitrogens with zero attached hydrogens (tertiary/aromatic N) is 3. The summed E-state index contributed by atoms with van der Waals surface area (Å²) in [6.07, 6.45) is 3.83. The summed E-state index contributed by atoms with van der Waals surface area (Å²) in [7, 11) is 0. The van der Waals surface area contributed by atoms with E-state index in [9.17, 15) is 9.59 Å². The monoisotopic (exact) mass is 491 g/mol. The van der Waals surface area contributed by atoms with Gasteiger partial charge in [0.2, 0.25) is 5.91 Å². The number of unbranched alkanes of at least 4 members (excludes halogenated alkanes) is 1. The molecule has 0 radical (unpaired) electrons. The normalized spacial score (nSPS) is 14.1. The minimum absolute atomic E-state index is 0.0184. The summed E-state index contributed by atoms with van der Waals surface area (Å²) in [6, 6.07) is 27.7. The van der Waals surface area contributed by atoms with Crippen LogP contribution >= 0.6 is 0 Å². The van der Waals surface area contributed by atoms with Crippen LogP contribution in [0.25, 0.3) is 5.69 Å². The number of para-hydroxylation sites is 2. The molecule has 1 atom stereocenters. The van der Waals surface area contributed by atoms with Gasteiger partial charge in [-0.1, -0.05) is 73.5 Å². The number of carbonyl (C=O) groups excluding carboxylic acids is 2. The molecule has 0 saturated carbocycles. The Morgan fingerprint density at radius 1 is 0.865 bits per heavy atom. The molecular weight excluding hydrogens is 458 g/mol. The number of carbonyl (C=O) groups is 2. The summed E-state index contributed by atoms with van der Waals surface area (Å²) < 4.78 is 2.17. The molecule has 1 unspecified atom stereocenters. The second-order valence-corrected chi connectivity index (χ2v) is 9.77. The van der Waals surface area contributed by atoms with E-state index in [4.69, 9.17) is 0 Å². The molecule has 2 amide bonds. The van der Waals surface area contributed by atoms with E-state index in [1.807, 2.05) is 78.7 Å². The Morgan fingerprint density at radius 2 is 1.62 bits per heavy atom. The molecule has 1 aliphatic rings. The van der Waals surface area contributed by atoms with Gasteiger partial charge >= 0.3 is 0 Å². The number of rotatable bonds is 7. The molecule has 5 heteroatoms. The molecule has 5 rings (SSSR count). The van der Waals surface area contributed by atoms with Crippen molar-refractivity contribution < 1.29 is 9.59 Å². The molecule has 1 aliphatic heterocycles. The Bertz CT molecular complexity index is 1440. The summed E-state index contributed by atoms with van der Waals surface area (Å²) in [4.78, 5) is 31.5. The van der Waals surface area contributed by atoms with Crippen LogP contribution in [0.5, 0.6) is 0 Å². The summed E-state index contributed by atoms with van der Waals surface area (Å²) in [6.45, 7) is 6.66. The highest BCUT2D eigenvalue weighted by atomic mass is 16.2. The van der Waals surface area contributed by atoms with Gasteiger partial charge in [-0.3, -0.25) is 14.5 Å². The number of benzene rings is 3. The summed E-state index contributed by atoms with van der Waals surface area (Å²) in [5, 5.41) is 0. The molecule has 3 aromatic carbocycles. The maximum Gasteiger partial charge on any atom is 0.254 e. The van der Waals surface area contributed by atoms with Crippen molar-refractivity contribution in [3.8, 4) is 5.69 Å². The zero-order valence-electron chi connectivity index (χ0n) is 21.7. The van der Waals surface area contributed by atoms with Crippen molar-refractivity contribution in [2.75, 3.05) is 18.0 Å². The molecule has 0 spiro atoms. The highest BCUT2D eigenvalue weighted by molar-refractivity contribution is 6.03. The van der Waals surface area contributed by atoms with Gasteiger partial charge in [0.25, 0.3) is 5.91 Å². The third-order valence-electron chi connectivity index (χ3n) is 7.12. The van der Waals surface area contributed by atoms with Gasteiger partial charge in [0.1, 0.15) is 12.6 Å². The van der Waals surface area contributed by atoms with Gasteiger partial charge in [-0.05, 0) is 61.7 Å². The molecule has 1 aromatic heterocycles. The van der Waals surface area contributed by atoms with E-state index in [1.54, 1.807) is 4.90 Å². The van der Waals surface area contributed by atoms with Gasteiger partial charge < -0.3 is 9.47 Å². The maximum absolute atomic E-state index is 14.3. The molecule has 0 fully saturated rings. The second kappa shape index (κ2) is 10.5. The molecule has 0 N–H and O–H groups in total. The molecule has 37 heavy (non-hydrogen) atoms. The lowest BCUT2D eigenvalue weighted by Gasteiger charge is -2.39. The van der Waals surface area contributed by atoms with E-state index in [-0.39, 0.29) is 24.4 Å². The van der Waals surface area contributed by atoms with Crippen molar-refractivity contribution in [1.29, 1.82) is 0 Å². The fraction of sp³-hybridized carbons (Fsp3) is 0.250. The van der Waals surface area contributed by atoms with Crippen LogP contribution in [0.3, 0.4) is 0 Å². The first-order chi connectivity index (χ1) is 18.0. The predicted octanol–water partition coefficient (Wildman–Crippen LogP) is 6.47. The quantitative estimate of drug-likeness (QED) is 0.297. The van der Waals surface area contributed by atoms with Crippen molar-refractivity contribution in [3.63, 3.8) is 0 Å². The summed E-state index contributed by atoms with van der Waals surface area (Å²) in [5.41, 5.74) is 6.60. The lowest BCUT2D eigenvalue weighted by Crippen LogP contribution is -2.47. The number of hydrogen-bond donors (Lipinski definition) is 0. The third kappa shape index (κ3) is 4.69. The fourth-order valence-electron chi connectivity index (χ4n) is 5.24. The van der Waals surface area contributed by atoms with Crippen molar-refractivity contribution in [2.45, 2.75) is 39.7 Å². The van der Waals surface area contributed by atoms with Crippen LogP contribution in [0.1, 0.15) is 58.5 Å². The minimum atomic E-state index is -0.293. The lowest BCUT2D eigenvalue weighted by molar-refractivity contribution is -0.119. The Hall–Kier alpha value is -4.12. The van der Waals surface area contributed by atoms with Crippen molar-refractivity contribution in [3.05, 3.63) is 119 Å². The van der Waals surface area contributed by atoms with Crippen LogP contribution in [-0.2, 0) is 4.79 Å². The van der Waals surface area contributed by atoms with Gasteiger partial charge in [-0.15, -0.1) is 0 Å². The molecular formula is C32H33N3O2. The summed E-state index contributed by atoms with van der Waals surface area (Å²) >= 11 is 0. The average molecular weight is 492 g/mol. The third-order valence-corrected chi connectivity index (χ3v) is 7.12. The van der Waals surface area contributed by atoms with Crippen LogP contribution in [0, 0.1) is 13.8 Å². The number of aryl methyl sites for hydroxylation is 2. The first kappa shape index (κ1) is 24.6.